The fourth-order valence-electron chi connectivity index (χ4n) is 0.928. The highest BCUT2D eigenvalue weighted by atomic mass is 35.5. The van der Waals surface area contributed by atoms with E-state index in [-0.39, 0.29) is 0 Å². The van der Waals surface area contributed by atoms with Gasteiger partial charge in [0.2, 0.25) is 0 Å². The van der Waals surface area contributed by atoms with Crippen molar-refractivity contribution in [3.05, 3.63) is 39.8 Å². The predicted octanol–water partition coefficient (Wildman–Crippen LogP) is 4.24. The molecule has 0 unspecified atom stereocenters. The zero-order chi connectivity index (χ0) is 9.97. The van der Waals surface area contributed by atoms with Gasteiger partial charge in [-0.05, 0) is 12.1 Å². The van der Waals surface area contributed by atoms with Gasteiger partial charge in [0.1, 0.15) is 0 Å². The van der Waals surface area contributed by atoms with Gasteiger partial charge in [-0.3, -0.25) is 0 Å². The lowest BCUT2D eigenvalue weighted by molar-refractivity contribution is 0.479. The lowest BCUT2D eigenvalue weighted by Crippen LogP contribution is -1.84. The Morgan fingerprint density at radius 3 is 2.50 bits per heavy atom. The highest BCUT2D eigenvalue weighted by Gasteiger charge is 2.08. The number of ether oxygens (including phenoxy) is 1. The average molecular weight is 246 g/mol. The summed E-state index contributed by atoms with van der Waals surface area (Å²) in [5.74, 6) is 0.450. The largest absolute Gasteiger partial charge is 0.428 e. The molecule has 0 aliphatic carbocycles. The number of rotatable bonds is 2. The van der Waals surface area contributed by atoms with Gasteiger partial charge in [0.25, 0.3) is 5.19 Å². The molecule has 0 aliphatic heterocycles. The molecule has 14 heavy (non-hydrogen) atoms. The van der Waals surface area contributed by atoms with Crippen LogP contribution < -0.4 is 4.74 Å². The third-order valence-corrected chi connectivity index (χ3v) is 2.76. The van der Waals surface area contributed by atoms with E-state index in [4.69, 9.17) is 27.9 Å². The summed E-state index contributed by atoms with van der Waals surface area (Å²) in [5.41, 5.74) is 0. The van der Waals surface area contributed by atoms with Gasteiger partial charge in [0, 0.05) is 11.6 Å². The Labute approximate surface area is 95.1 Å². The van der Waals surface area contributed by atoms with Crippen molar-refractivity contribution in [1.29, 1.82) is 0 Å². The molecule has 1 aromatic carbocycles. The molecule has 0 saturated carbocycles. The maximum atomic E-state index is 5.91. The van der Waals surface area contributed by atoms with E-state index in [0.717, 1.165) is 0 Å². The van der Waals surface area contributed by atoms with E-state index in [1.165, 1.54) is 11.3 Å². The SMILES string of the molecule is Clc1cccc(Cl)c1Oc1nccs1. The quantitative estimate of drug-likeness (QED) is 0.790. The van der Waals surface area contributed by atoms with Gasteiger partial charge >= 0.3 is 0 Å². The number of hydrogen-bond acceptors (Lipinski definition) is 3. The van der Waals surface area contributed by atoms with Gasteiger partial charge in [-0.15, -0.1) is 0 Å². The van der Waals surface area contributed by atoms with E-state index in [9.17, 15) is 0 Å². The van der Waals surface area contributed by atoms with Crippen molar-refractivity contribution in [3.8, 4) is 10.9 Å². The lowest BCUT2D eigenvalue weighted by Gasteiger charge is -2.05. The van der Waals surface area contributed by atoms with Crippen molar-refractivity contribution >= 4 is 34.5 Å². The highest BCUT2D eigenvalue weighted by Crippen LogP contribution is 2.36. The average Bonchev–Trinajstić information content (AvgIpc) is 2.64. The number of nitrogens with zero attached hydrogens (tertiary/aromatic N) is 1. The normalized spacial score (nSPS) is 10.1. The van der Waals surface area contributed by atoms with E-state index in [0.29, 0.717) is 21.0 Å². The topological polar surface area (TPSA) is 22.1 Å². The fourth-order valence-corrected chi connectivity index (χ4v) is 1.89. The Balaban J connectivity index is 2.33. The molecule has 0 N–H and O–H groups in total. The van der Waals surface area contributed by atoms with Crippen LogP contribution in [0.4, 0.5) is 0 Å². The number of aromatic nitrogens is 1. The summed E-state index contributed by atoms with van der Waals surface area (Å²) < 4.78 is 5.42. The van der Waals surface area contributed by atoms with Crippen LogP contribution >= 0.6 is 34.5 Å². The second-order valence-corrected chi connectivity index (χ2v) is 4.12. The maximum absolute atomic E-state index is 5.91. The number of benzene rings is 1. The second kappa shape index (κ2) is 4.17. The standard InChI is InChI=1S/C9H5Cl2NOS/c10-6-2-1-3-7(11)8(6)13-9-12-4-5-14-9/h1-5H. The summed E-state index contributed by atoms with van der Waals surface area (Å²) in [5, 5.41) is 3.31. The van der Waals surface area contributed by atoms with Crippen molar-refractivity contribution in [2.24, 2.45) is 0 Å². The molecule has 0 fully saturated rings. The first-order chi connectivity index (χ1) is 6.77. The molecule has 0 atom stereocenters. The molecular formula is C9H5Cl2NOS. The maximum Gasteiger partial charge on any atom is 0.278 e. The molecule has 2 rings (SSSR count). The Kier molecular flexibility index (Phi) is 2.91. The third kappa shape index (κ3) is 2.00. The van der Waals surface area contributed by atoms with Crippen molar-refractivity contribution in [3.63, 3.8) is 0 Å². The molecule has 0 amide bonds. The molecule has 0 bridgehead atoms. The molecule has 5 heteroatoms. The summed E-state index contributed by atoms with van der Waals surface area (Å²) in [4.78, 5) is 3.97. The minimum atomic E-state index is 0.450. The van der Waals surface area contributed by atoms with Crippen LogP contribution in [0.15, 0.2) is 29.8 Å². The summed E-state index contributed by atoms with van der Waals surface area (Å²) in [6.45, 7) is 0. The highest BCUT2D eigenvalue weighted by molar-refractivity contribution is 7.11. The summed E-state index contributed by atoms with van der Waals surface area (Å²) >= 11 is 13.2. The smallest absolute Gasteiger partial charge is 0.278 e. The van der Waals surface area contributed by atoms with Gasteiger partial charge in [-0.1, -0.05) is 40.6 Å². The first kappa shape index (κ1) is 9.77. The van der Waals surface area contributed by atoms with Crippen LogP contribution in [-0.2, 0) is 0 Å². The zero-order valence-electron chi connectivity index (χ0n) is 6.91. The fraction of sp³-hybridized carbons (Fsp3) is 0. The van der Waals surface area contributed by atoms with Gasteiger partial charge < -0.3 is 4.74 Å². The van der Waals surface area contributed by atoms with Gasteiger partial charge in [-0.25, -0.2) is 4.98 Å². The van der Waals surface area contributed by atoms with Gasteiger partial charge in [0.15, 0.2) is 5.75 Å². The van der Waals surface area contributed by atoms with E-state index < -0.39 is 0 Å². The molecule has 2 aromatic rings. The molecule has 1 heterocycles. The lowest BCUT2D eigenvalue weighted by atomic mass is 10.3. The summed E-state index contributed by atoms with van der Waals surface area (Å²) in [7, 11) is 0. The van der Waals surface area contributed by atoms with Crippen LogP contribution in [0.5, 0.6) is 10.9 Å². The molecule has 1 aromatic heterocycles. The van der Waals surface area contributed by atoms with Crippen LogP contribution in [0, 0.1) is 0 Å². The first-order valence-electron chi connectivity index (χ1n) is 3.79. The molecule has 2 nitrogen and oxygen atoms in total. The molecule has 0 aliphatic rings. The number of halogens is 2. The Morgan fingerprint density at radius 2 is 1.93 bits per heavy atom. The minimum Gasteiger partial charge on any atom is -0.428 e. The molecule has 0 saturated heterocycles. The van der Waals surface area contributed by atoms with Gasteiger partial charge in [0.05, 0.1) is 10.0 Å². The van der Waals surface area contributed by atoms with E-state index in [2.05, 4.69) is 4.98 Å². The number of hydrogen-bond donors (Lipinski definition) is 0. The first-order valence-corrected chi connectivity index (χ1v) is 5.42. The van der Waals surface area contributed by atoms with Gasteiger partial charge in [-0.2, -0.15) is 0 Å². The van der Waals surface area contributed by atoms with E-state index >= 15 is 0 Å². The van der Waals surface area contributed by atoms with E-state index in [1.54, 1.807) is 24.4 Å². The molecule has 0 spiro atoms. The minimum absolute atomic E-state index is 0.450. The van der Waals surface area contributed by atoms with Crippen molar-refractivity contribution in [2.45, 2.75) is 0 Å². The summed E-state index contributed by atoms with van der Waals surface area (Å²) in [6.07, 6.45) is 1.66. The van der Waals surface area contributed by atoms with Crippen molar-refractivity contribution < 1.29 is 4.74 Å². The van der Waals surface area contributed by atoms with Crippen molar-refractivity contribution in [1.82, 2.24) is 4.98 Å². The van der Waals surface area contributed by atoms with Crippen molar-refractivity contribution in [2.75, 3.05) is 0 Å². The third-order valence-electron chi connectivity index (χ3n) is 1.52. The van der Waals surface area contributed by atoms with Crippen LogP contribution in [0.1, 0.15) is 0 Å². The molecule has 0 radical (unpaired) electrons. The molecular weight excluding hydrogens is 241 g/mol. The monoisotopic (exact) mass is 245 g/mol. The predicted molar refractivity (Wildman–Crippen MR) is 58.7 cm³/mol. The Bertz CT molecular complexity index is 410. The number of thiazole rings is 1. The van der Waals surface area contributed by atoms with Crippen LogP contribution in [-0.4, -0.2) is 4.98 Å². The zero-order valence-corrected chi connectivity index (χ0v) is 9.23. The second-order valence-electron chi connectivity index (χ2n) is 2.45. The Hall–Kier alpha value is -0.770. The summed E-state index contributed by atoms with van der Waals surface area (Å²) in [6, 6.07) is 5.20. The molecule has 72 valence electrons. The Morgan fingerprint density at radius 1 is 1.21 bits per heavy atom. The van der Waals surface area contributed by atoms with E-state index in [1.807, 2.05) is 5.38 Å². The van der Waals surface area contributed by atoms with Crippen LogP contribution in [0.25, 0.3) is 0 Å². The van der Waals surface area contributed by atoms with Crippen LogP contribution in [0.3, 0.4) is 0 Å². The van der Waals surface area contributed by atoms with Crippen LogP contribution in [0.2, 0.25) is 10.0 Å². The number of para-hydroxylation sites is 1.